The van der Waals surface area contributed by atoms with Gasteiger partial charge in [-0.2, -0.15) is 0 Å². The molecular weight excluding hydrogens is 272 g/mol. The molecule has 0 saturated carbocycles. The fourth-order valence-electron chi connectivity index (χ4n) is 1.42. The molecule has 0 aliphatic heterocycles. The van der Waals surface area contributed by atoms with Crippen LogP contribution in [0.25, 0.3) is 0 Å². The zero-order chi connectivity index (χ0) is 12.3. The number of thioether (sulfide) groups is 1. The average Bonchev–Trinajstić information content (AvgIpc) is 2.69. The highest BCUT2D eigenvalue weighted by atomic mass is 35.5. The van der Waals surface area contributed by atoms with E-state index in [4.69, 9.17) is 17.3 Å². The van der Waals surface area contributed by atoms with Crippen molar-refractivity contribution in [1.29, 1.82) is 0 Å². The van der Waals surface area contributed by atoms with Gasteiger partial charge in [-0.25, -0.2) is 4.98 Å². The largest absolute Gasteiger partial charge is 0.326 e. The number of nitrogens with zero attached hydrogens (tertiary/aromatic N) is 1. The predicted octanol–water partition coefficient (Wildman–Crippen LogP) is 3.86. The van der Waals surface area contributed by atoms with Crippen LogP contribution in [-0.2, 0) is 12.3 Å². The summed E-state index contributed by atoms with van der Waals surface area (Å²) in [5.74, 6) is 0.882. The number of nitrogens with two attached hydrogens (primary N) is 1. The van der Waals surface area contributed by atoms with Gasteiger partial charge in [-0.15, -0.1) is 23.1 Å². The highest BCUT2D eigenvalue weighted by molar-refractivity contribution is 7.98. The van der Waals surface area contributed by atoms with Crippen molar-refractivity contribution in [2.24, 2.45) is 5.73 Å². The van der Waals surface area contributed by atoms with E-state index in [1.54, 1.807) is 23.1 Å². The van der Waals surface area contributed by atoms with E-state index in [1.807, 2.05) is 31.2 Å². The van der Waals surface area contributed by atoms with Gasteiger partial charge in [0.1, 0.15) is 5.01 Å². The monoisotopic (exact) mass is 284 g/mol. The van der Waals surface area contributed by atoms with E-state index in [1.165, 1.54) is 9.77 Å². The zero-order valence-electron chi connectivity index (χ0n) is 9.44. The second kappa shape index (κ2) is 5.87. The second-order valence-corrected chi connectivity index (χ2v) is 6.22. The SMILES string of the molecule is Cc1nc(CSc2ccc(Cl)cc2)sc1CN. The Morgan fingerprint density at radius 3 is 2.65 bits per heavy atom. The van der Waals surface area contributed by atoms with Crippen LogP contribution in [-0.4, -0.2) is 4.98 Å². The van der Waals surface area contributed by atoms with Crippen molar-refractivity contribution in [3.05, 3.63) is 44.9 Å². The predicted molar refractivity (Wildman–Crippen MR) is 75.8 cm³/mol. The Morgan fingerprint density at radius 2 is 2.06 bits per heavy atom. The highest BCUT2D eigenvalue weighted by Crippen LogP contribution is 2.27. The van der Waals surface area contributed by atoms with Crippen molar-refractivity contribution in [2.45, 2.75) is 24.1 Å². The lowest BCUT2D eigenvalue weighted by molar-refractivity contribution is 1.05. The molecule has 0 aliphatic rings. The van der Waals surface area contributed by atoms with Crippen LogP contribution in [0.2, 0.25) is 5.02 Å². The first-order valence-electron chi connectivity index (χ1n) is 5.22. The zero-order valence-corrected chi connectivity index (χ0v) is 11.8. The minimum atomic E-state index is 0.578. The van der Waals surface area contributed by atoms with E-state index in [-0.39, 0.29) is 0 Å². The molecule has 0 atom stereocenters. The first kappa shape index (κ1) is 12.9. The van der Waals surface area contributed by atoms with Crippen LogP contribution < -0.4 is 5.73 Å². The molecule has 1 aromatic heterocycles. The lowest BCUT2D eigenvalue weighted by Gasteiger charge is -1.98. The summed E-state index contributed by atoms with van der Waals surface area (Å²) in [6, 6.07) is 7.86. The van der Waals surface area contributed by atoms with Gasteiger partial charge in [-0.05, 0) is 31.2 Å². The van der Waals surface area contributed by atoms with E-state index in [2.05, 4.69) is 4.98 Å². The molecule has 0 aliphatic carbocycles. The van der Waals surface area contributed by atoms with Gasteiger partial charge in [0.15, 0.2) is 0 Å². The first-order chi connectivity index (χ1) is 8.19. The normalized spacial score (nSPS) is 10.8. The Labute approximate surface area is 114 Å². The van der Waals surface area contributed by atoms with Gasteiger partial charge in [-0.3, -0.25) is 0 Å². The summed E-state index contributed by atoms with van der Waals surface area (Å²) >= 11 is 9.30. The molecule has 0 fully saturated rings. The van der Waals surface area contributed by atoms with Gasteiger partial charge >= 0.3 is 0 Å². The fraction of sp³-hybridized carbons (Fsp3) is 0.250. The minimum absolute atomic E-state index is 0.578. The van der Waals surface area contributed by atoms with Crippen molar-refractivity contribution in [3.63, 3.8) is 0 Å². The topological polar surface area (TPSA) is 38.9 Å². The van der Waals surface area contributed by atoms with E-state index in [0.29, 0.717) is 6.54 Å². The van der Waals surface area contributed by atoms with Gasteiger partial charge < -0.3 is 5.73 Å². The number of aryl methyl sites for hydroxylation is 1. The third-order valence-corrected chi connectivity index (χ3v) is 4.94. The summed E-state index contributed by atoms with van der Waals surface area (Å²) in [7, 11) is 0. The van der Waals surface area contributed by atoms with Crippen LogP contribution in [0.3, 0.4) is 0 Å². The molecule has 0 saturated heterocycles. The van der Waals surface area contributed by atoms with Crippen LogP contribution in [0, 0.1) is 6.92 Å². The molecule has 0 radical (unpaired) electrons. The van der Waals surface area contributed by atoms with E-state index < -0.39 is 0 Å². The molecular formula is C12H13ClN2S2. The molecule has 2 aromatic rings. The van der Waals surface area contributed by atoms with Crippen LogP contribution >= 0.6 is 34.7 Å². The molecule has 0 spiro atoms. The average molecular weight is 285 g/mol. The molecule has 2 rings (SSSR count). The van der Waals surface area contributed by atoms with Gasteiger partial charge in [0.25, 0.3) is 0 Å². The number of aromatic nitrogens is 1. The molecule has 2 N–H and O–H groups in total. The minimum Gasteiger partial charge on any atom is -0.326 e. The van der Waals surface area contributed by atoms with Crippen LogP contribution in [0.4, 0.5) is 0 Å². The molecule has 90 valence electrons. The molecule has 5 heteroatoms. The lowest BCUT2D eigenvalue weighted by Crippen LogP contribution is -1.94. The number of hydrogen-bond acceptors (Lipinski definition) is 4. The third-order valence-electron chi connectivity index (χ3n) is 2.30. The molecule has 17 heavy (non-hydrogen) atoms. The van der Waals surface area contributed by atoms with E-state index >= 15 is 0 Å². The second-order valence-electron chi connectivity index (χ2n) is 3.56. The summed E-state index contributed by atoms with van der Waals surface area (Å²) in [4.78, 5) is 6.89. The maximum Gasteiger partial charge on any atom is 0.103 e. The maximum atomic E-state index is 5.84. The molecule has 1 aromatic carbocycles. The number of benzene rings is 1. The Bertz CT molecular complexity index is 494. The quantitative estimate of drug-likeness (QED) is 0.867. The first-order valence-corrected chi connectivity index (χ1v) is 7.40. The summed E-state index contributed by atoms with van der Waals surface area (Å²) in [6.45, 7) is 2.59. The Balaban J connectivity index is 1.99. The molecule has 0 amide bonds. The van der Waals surface area contributed by atoms with Gasteiger partial charge in [-0.1, -0.05) is 11.6 Å². The van der Waals surface area contributed by atoms with Crippen LogP contribution in [0.1, 0.15) is 15.6 Å². The van der Waals surface area contributed by atoms with Crippen molar-refractivity contribution >= 4 is 34.7 Å². The Kier molecular flexibility index (Phi) is 4.45. The molecule has 2 nitrogen and oxygen atoms in total. The van der Waals surface area contributed by atoms with Crippen molar-refractivity contribution in [1.82, 2.24) is 4.98 Å². The van der Waals surface area contributed by atoms with Gasteiger partial charge in [0, 0.05) is 21.3 Å². The molecule has 0 bridgehead atoms. The number of thiazole rings is 1. The summed E-state index contributed by atoms with van der Waals surface area (Å²) in [5.41, 5.74) is 6.70. The fourth-order valence-corrected chi connectivity index (χ4v) is 3.38. The highest BCUT2D eigenvalue weighted by Gasteiger charge is 2.06. The summed E-state index contributed by atoms with van der Waals surface area (Å²) < 4.78 is 0. The smallest absolute Gasteiger partial charge is 0.103 e. The van der Waals surface area contributed by atoms with Gasteiger partial charge in [0.05, 0.1) is 11.4 Å². The summed E-state index contributed by atoms with van der Waals surface area (Å²) in [5, 5.41) is 1.90. The van der Waals surface area contributed by atoms with Crippen molar-refractivity contribution < 1.29 is 0 Å². The lowest BCUT2D eigenvalue weighted by atomic mass is 10.4. The van der Waals surface area contributed by atoms with E-state index in [9.17, 15) is 0 Å². The molecule has 1 heterocycles. The third kappa shape index (κ3) is 3.45. The van der Waals surface area contributed by atoms with Crippen molar-refractivity contribution in [2.75, 3.05) is 0 Å². The maximum absolute atomic E-state index is 5.84. The molecule has 0 unspecified atom stereocenters. The summed E-state index contributed by atoms with van der Waals surface area (Å²) in [6.07, 6.45) is 0. The van der Waals surface area contributed by atoms with Crippen molar-refractivity contribution in [3.8, 4) is 0 Å². The Hall–Kier alpha value is -0.550. The standard InChI is InChI=1S/C12H13ClN2S2/c1-8-11(6-14)17-12(15-8)7-16-10-4-2-9(13)3-5-10/h2-5H,6-7,14H2,1H3. The number of halogens is 1. The number of rotatable bonds is 4. The van der Waals surface area contributed by atoms with Crippen LogP contribution in [0.15, 0.2) is 29.2 Å². The Morgan fingerprint density at radius 1 is 1.35 bits per heavy atom. The van der Waals surface area contributed by atoms with E-state index in [0.717, 1.165) is 21.5 Å². The number of hydrogen-bond donors (Lipinski definition) is 1. The van der Waals surface area contributed by atoms with Gasteiger partial charge in [0.2, 0.25) is 0 Å². The van der Waals surface area contributed by atoms with Crippen LogP contribution in [0.5, 0.6) is 0 Å².